The Morgan fingerprint density at radius 3 is 2.30 bits per heavy atom. The first kappa shape index (κ1) is 15.5. The maximum absolute atomic E-state index is 12.4. The molecule has 3 rings (SSSR count). The molecule has 2 aromatic carbocycles. The summed E-state index contributed by atoms with van der Waals surface area (Å²) >= 11 is 0. The van der Waals surface area contributed by atoms with Crippen molar-refractivity contribution < 1.29 is 27.4 Å². The van der Waals surface area contributed by atoms with E-state index in [1.54, 1.807) is 24.3 Å². The van der Waals surface area contributed by atoms with Crippen LogP contribution in [0.4, 0.5) is 13.2 Å². The average Bonchev–Trinajstić information content (AvgIpc) is 2.53. The Morgan fingerprint density at radius 2 is 1.61 bits per heavy atom. The van der Waals surface area contributed by atoms with Crippen LogP contribution in [-0.4, -0.2) is 19.6 Å². The molecule has 7 heteroatoms. The normalized spacial score (nSPS) is 13.7. The summed E-state index contributed by atoms with van der Waals surface area (Å²) in [5, 5.41) is 0. The number of fused-ring (bicyclic) bond motifs is 1. The van der Waals surface area contributed by atoms with Crippen molar-refractivity contribution >= 4 is 0 Å². The predicted molar refractivity (Wildman–Crippen MR) is 77.4 cm³/mol. The van der Waals surface area contributed by atoms with Crippen molar-refractivity contribution in [1.82, 2.24) is 0 Å². The Bertz CT molecular complexity index is 716. The fourth-order valence-corrected chi connectivity index (χ4v) is 2.37. The lowest BCUT2D eigenvalue weighted by Gasteiger charge is -2.19. The summed E-state index contributed by atoms with van der Waals surface area (Å²) in [5.41, 5.74) is 7.32. The van der Waals surface area contributed by atoms with E-state index in [0.717, 1.165) is 11.1 Å². The van der Waals surface area contributed by atoms with Gasteiger partial charge in [0.2, 0.25) is 0 Å². The lowest BCUT2D eigenvalue weighted by molar-refractivity contribution is -0.274. The molecule has 1 aliphatic rings. The number of hydrogen-bond donors (Lipinski definition) is 1. The van der Waals surface area contributed by atoms with Gasteiger partial charge in [-0.25, -0.2) is 0 Å². The largest absolute Gasteiger partial charge is 0.573 e. The van der Waals surface area contributed by atoms with Gasteiger partial charge in [-0.15, -0.1) is 13.2 Å². The maximum Gasteiger partial charge on any atom is 0.573 e. The number of rotatable bonds is 3. The highest BCUT2D eigenvalue weighted by molar-refractivity contribution is 5.69. The van der Waals surface area contributed by atoms with Gasteiger partial charge in [-0.2, -0.15) is 0 Å². The van der Waals surface area contributed by atoms with Crippen LogP contribution < -0.4 is 19.9 Å². The van der Waals surface area contributed by atoms with Gasteiger partial charge in [0.15, 0.2) is 11.5 Å². The molecule has 0 fully saturated rings. The van der Waals surface area contributed by atoms with Gasteiger partial charge in [0.1, 0.15) is 19.0 Å². The smallest absolute Gasteiger partial charge is 0.486 e. The molecule has 0 radical (unpaired) electrons. The third-order valence-electron chi connectivity index (χ3n) is 3.38. The van der Waals surface area contributed by atoms with Crippen LogP contribution in [-0.2, 0) is 6.54 Å². The van der Waals surface area contributed by atoms with E-state index in [2.05, 4.69) is 4.74 Å². The quantitative estimate of drug-likeness (QED) is 0.939. The van der Waals surface area contributed by atoms with Crippen molar-refractivity contribution in [3.05, 3.63) is 42.0 Å². The topological polar surface area (TPSA) is 53.7 Å². The first-order chi connectivity index (χ1) is 11.0. The molecule has 2 N–H and O–H groups in total. The van der Waals surface area contributed by atoms with Crippen molar-refractivity contribution in [3.8, 4) is 28.4 Å². The van der Waals surface area contributed by atoms with Crippen LogP contribution in [0.2, 0.25) is 0 Å². The standard InChI is InChI=1S/C16H14F3NO3/c17-16(18,19)23-13-3-1-10(7-12(13)9-20)11-2-4-14-15(8-11)22-6-5-21-14/h1-4,7-8H,5-6,9,20H2. The summed E-state index contributed by atoms with van der Waals surface area (Å²) in [4.78, 5) is 0. The van der Waals surface area contributed by atoms with Crippen LogP contribution in [0.1, 0.15) is 5.56 Å². The second kappa shape index (κ2) is 6.00. The Hall–Kier alpha value is -2.41. The first-order valence-corrected chi connectivity index (χ1v) is 6.95. The number of benzene rings is 2. The molecule has 0 saturated carbocycles. The van der Waals surface area contributed by atoms with Gasteiger partial charge < -0.3 is 19.9 Å². The van der Waals surface area contributed by atoms with E-state index in [4.69, 9.17) is 15.2 Å². The van der Waals surface area contributed by atoms with Gasteiger partial charge >= 0.3 is 6.36 Å². The molecule has 1 aliphatic heterocycles. The second-order valence-corrected chi connectivity index (χ2v) is 4.93. The SMILES string of the molecule is NCc1cc(-c2ccc3c(c2)OCCO3)ccc1OC(F)(F)F. The molecule has 4 nitrogen and oxygen atoms in total. The molecule has 122 valence electrons. The number of hydrogen-bond acceptors (Lipinski definition) is 4. The fourth-order valence-electron chi connectivity index (χ4n) is 2.37. The van der Waals surface area contributed by atoms with Crippen molar-refractivity contribution in [2.45, 2.75) is 12.9 Å². The van der Waals surface area contributed by atoms with Crippen LogP contribution >= 0.6 is 0 Å². The molecule has 0 bridgehead atoms. The van der Waals surface area contributed by atoms with Crippen LogP contribution in [0.25, 0.3) is 11.1 Å². The molecule has 0 amide bonds. The van der Waals surface area contributed by atoms with Crippen LogP contribution in [0.15, 0.2) is 36.4 Å². The lowest BCUT2D eigenvalue weighted by atomic mass is 10.0. The minimum Gasteiger partial charge on any atom is -0.486 e. The minimum atomic E-state index is -4.75. The molecule has 2 aromatic rings. The van der Waals surface area contributed by atoms with Gasteiger partial charge in [-0.3, -0.25) is 0 Å². The van der Waals surface area contributed by atoms with Crippen molar-refractivity contribution in [2.24, 2.45) is 5.73 Å². The molecule has 0 unspecified atom stereocenters. The van der Waals surface area contributed by atoms with E-state index in [0.29, 0.717) is 24.7 Å². The number of alkyl halides is 3. The molecule has 0 atom stereocenters. The minimum absolute atomic E-state index is 0.0657. The average molecular weight is 325 g/mol. The summed E-state index contributed by atoms with van der Waals surface area (Å²) in [6.45, 7) is 0.889. The lowest BCUT2D eigenvalue weighted by Crippen LogP contribution is -2.18. The fraction of sp³-hybridized carbons (Fsp3) is 0.250. The van der Waals surface area contributed by atoms with Crippen LogP contribution in [0.5, 0.6) is 17.2 Å². The van der Waals surface area contributed by atoms with Gasteiger partial charge in [0, 0.05) is 12.1 Å². The van der Waals surface area contributed by atoms with Gasteiger partial charge in [0.25, 0.3) is 0 Å². The second-order valence-electron chi connectivity index (χ2n) is 4.93. The third-order valence-corrected chi connectivity index (χ3v) is 3.38. The zero-order valence-corrected chi connectivity index (χ0v) is 12.0. The van der Waals surface area contributed by atoms with Gasteiger partial charge in [0.05, 0.1) is 0 Å². The molecule has 23 heavy (non-hydrogen) atoms. The zero-order valence-electron chi connectivity index (χ0n) is 12.0. The van der Waals surface area contributed by atoms with Gasteiger partial charge in [-0.1, -0.05) is 12.1 Å². The number of nitrogens with two attached hydrogens (primary N) is 1. The molecule has 0 spiro atoms. The Labute approximate surface area is 130 Å². The van der Waals surface area contributed by atoms with Crippen LogP contribution in [0.3, 0.4) is 0 Å². The summed E-state index contributed by atoms with van der Waals surface area (Å²) < 4.78 is 52.1. The van der Waals surface area contributed by atoms with E-state index in [1.807, 2.05) is 6.07 Å². The highest BCUT2D eigenvalue weighted by Gasteiger charge is 2.32. The summed E-state index contributed by atoms with van der Waals surface area (Å²) in [5.74, 6) is 0.969. The number of halogens is 3. The van der Waals surface area contributed by atoms with E-state index < -0.39 is 6.36 Å². The zero-order chi connectivity index (χ0) is 16.4. The molecular formula is C16H14F3NO3. The Morgan fingerprint density at radius 1 is 0.957 bits per heavy atom. The molecule has 0 saturated heterocycles. The van der Waals surface area contributed by atoms with E-state index in [1.165, 1.54) is 6.07 Å². The maximum atomic E-state index is 12.4. The first-order valence-electron chi connectivity index (χ1n) is 6.95. The highest BCUT2D eigenvalue weighted by atomic mass is 19.4. The molecule has 0 aliphatic carbocycles. The van der Waals surface area contributed by atoms with E-state index in [9.17, 15) is 13.2 Å². The highest BCUT2D eigenvalue weighted by Crippen LogP contribution is 2.36. The third kappa shape index (κ3) is 3.50. The molecular weight excluding hydrogens is 311 g/mol. The summed E-state index contributed by atoms with van der Waals surface area (Å²) in [6, 6.07) is 9.76. The number of ether oxygens (including phenoxy) is 3. The predicted octanol–water partition coefficient (Wildman–Crippen LogP) is 3.48. The van der Waals surface area contributed by atoms with Crippen LogP contribution in [0, 0.1) is 0 Å². The van der Waals surface area contributed by atoms with Crippen molar-refractivity contribution in [3.63, 3.8) is 0 Å². The monoisotopic (exact) mass is 325 g/mol. The van der Waals surface area contributed by atoms with E-state index >= 15 is 0 Å². The Kier molecular flexibility index (Phi) is 4.04. The summed E-state index contributed by atoms with van der Waals surface area (Å²) in [6.07, 6.45) is -4.75. The molecule has 0 aromatic heterocycles. The van der Waals surface area contributed by atoms with Gasteiger partial charge in [-0.05, 0) is 35.4 Å². The Balaban J connectivity index is 1.94. The van der Waals surface area contributed by atoms with E-state index in [-0.39, 0.29) is 17.9 Å². The molecule has 1 heterocycles. The summed E-state index contributed by atoms with van der Waals surface area (Å²) in [7, 11) is 0. The van der Waals surface area contributed by atoms with Crippen molar-refractivity contribution in [1.29, 1.82) is 0 Å². The van der Waals surface area contributed by atoms with Crippen molar-refractivity contribution in [2.75, 3.05) is 13.2 Å².